The van der Waals surface area contributed by atoms with Gasteiger partial charge in [-0.25, -0.2) is 0 Å². The van der Waals surface area contributed by atoms with E-state index in [1.807, 2.05) is 0 Å². The number of hydrogen-bond acceptors (Lipinski definition) is 1. The molecule has 74 valence electrons. The quantitative estimate of drug-likeness (QED) is 0.631. The topological polar surface area (TPSA) is 13.1 Å². The largest absolute Gasteiger partial charge is 0.464 e. The smallest absolute Gasteiger partial charge is 0.420 e. The van der Waals surface area contributed by atoms with Crippen LogP contribution < -0.4 is 0 Å². The molecule has 0 aliphatic rings. The Labute approximate surface area is 78.1 Å². The molecular weight excluding hydrogens is 193 g/mol. The fourth-order valence-corrected chi connectivity index (χ4v) is 1.36. The molecule has 0 amide bonds. The summed E-state index contributed by atoms with van der Waals surface area (Å²) in [5, 5.41) is 0.123. The van der Waals surface area contributed by atoms with Crippen molar-refractivity contribution in [2.24, 2.45) is 0 Å². The van der Waals surface area contributed by atoms with Gasteiger partial charge in [-0.15, -0.1) is 0 Å². The molecule has 2 rings (SSSR count). The zero-order valence-corrected chi connectivity index (χ0v) is 7.35. The maximum Gasteiger partial charge on any atom is 0.420 e. The predicted molar refractivity (Wildman–Crippen MR) is 46.0 cm³/mol. The summed E-state index contributed by atoms with van der Waals surface area (Å²) < 4.78 is 42.1. The van der Waals surface area contributed by atoms with Crippen LogP contribution in [0.25, 0.3) is 11.0 Å². The fraction of sp³-hybridized carbons (Fsp3) is 0.200. The van der Waals surface area contributed by atoms with E-state index in [2.05, 4.69) is 0 Å². The van der Waals surface area contributed by atoms with Gasteiger partial charge in [-0.3, -0.25) is 0 Å². The number of benzene rings is 1. The van der Waals surface area contributed by atoms with Crippen LogP contribution in [0.2, 0.25) is 0 Å². The lowest BCUT2D eigenvalue weighted by Gasteiger charge is -2.02. The first-order valence-electron chi connectivity index (χ1n) is 4.03. The van der Waals surface area contributed by atoms with Gasteiger partial charge >= 0.3 is 6.18 Å². The van der Waals surface area contributed by atoms with Crippen molar-refractivity contribution in [2.45, 2.75) is 13.1 Å². The monoisotopic (exact) mass is 200 g/mol. The molecule has 0 saturated heterocycles. The molecule has 2 aromatic rings. The summed E-state index contributed by atoms with van der Waals surface area (Å²) in [6, 6.07) is 4.73. The molecule has 0 spiro atoms. The van der Waals surface area contributed by atoms with E-state index in [-0.39, 0.29) is 11.0 Å². The number of furan rings is 1. The lowest BCUT2D eigenvalue weighted by Crippen LogP contribution is -2.03. The van der Waals surface area contributed by atoms with Gasteiger partial charge in [0.2, 0.25) is 0 Å². The molecule has 0 saturated carbocycles. The molecule has 1 heterocycles. The van der Waals surface area contributed by atoms with Crippen molar-refractivity contribution in [3.8, 4) is 0 Å². The molecule has 0 N–H and O–H groups in total. The van der Waals surface area contributed by atoms with E-state index in [9.17, 15) is 13.2 Å². The number of alkyl halides is 3. The molecule has 1 aromatic heterocycles. The van der Waals surface area contributed by atoms with Gasteiger partial charge in [0.15, 0.2) is 0 Å². The third-order valence-electron chi connectivity index (χ3n) is 2.03. The van der Waals surface area contributed by atoms with Crippen LogP contribution in [0.15, 0.2) is 28.9 Å². The van der Waals surface area contributed by atoms with Crippen molar-refractivity contribution < 1.29 is 17.6 Å². The van der Waals surface area contributed by atoms with Gasteiger partial charge in [-0.1, -0.05) is 11.6 Å². The van der Waals surface area contributed by atoms with Crippen molar-refractivity contribution in [3.63, 3.8) is 0 Å². The Bertz CT molecular complexity index is 468. The molecule has 0 aliphatic heterocycles. The van der Waals surface area contributed by atoms with Gasteiger partial charge < -0.3 is 4.42 Å². The van der Waals surface area contributed by atoms with Crippen LogP contribution in [-0.2, 0) is 6.18 Å². The predicted octanol–water partition coefficient (Wildman–Crippen LogP) is 3.76. The molecule has 0 bridgehead atoms. The Morgan fingerprint density at radius 2 is 1.93 bits per heavy atom. The van der Waals surface area contributed by atoms with Gasteiger partial charge in [-0.05, 0) is 19.1 Å². The van der Waals surface area contributed by atoms with Crippen LogP contribution in [0, 0.1) is 6.92 Å². The Morgan fingerprint density at radius 3 is 2.57 bits per heavy atom. The van der Waals surface area contributed by atoms with E-state index < -0.39 is 11.7 Å². The molecule has 0 unspecified atom stereocenters. The maximum absolute atomic E-state index is 12.4. The summed E-state index contributed by atoms with van der Waals surface area (Å²) in [5.41, 5.74) is 0.337. The number of rotatable bonds is 0. The maximum atomic E-state index is 12.4. The van der Waals surface area contributed by atoms with Crippen LogP contribution in [0.5, 0.6) is 0 Å². The summed E-state index contributed by atoms with van der Waals surface area (Å²) in [6.45, 7) is 1.74. The highest BCUT2D eigenvalue weighted by Gasteiger charge is 2.34. The minimum absolute atomic E-state index is 0.123. The minimum atomic E-state index is -4.35. The highest BCUT2D eigenvalue weighted by Crippen LogP contribution is 2.36. The number of aryl methyl sites for hydroxylation is 1. The third kappa shape index (κ3) is 1.36. The fourth-order valence-electron chi connectivity index (χ4n) is 1.36. The van der Waals surface area contributed by atoms with E-state index in [0.29, 0.717) is 0 Å². The molecule has 0 radical (unpaired) electrons. The number of halogens is 3. The zero-order valence-electron chi connectivity index (χ0n) is 7.35. The molecule has 0 fully saturated rings. The summed E-state index contributed by atoms with van der Waals surface area (Å²) in [5.74, 6) is 0. The summed E-state index contributed by atoms with van der Waals surface area (Å²) in [7, 11) is 0. The highest BCUT2D eigenvalue weighted by atomic mass is 19.4. The van der Waals surface area contributed by atoms with Gasteiger partial charge in [0.05, 0.1) is 0 Å². The van der Waals surface area contributed by atoms with Crippen molar-refractivity contribution in [2.75, 3.05) is 0 Å². The van der Waals surface area contributed by atoms with E-state index in [0.717, 1.165) is 11.8 Å². The normalized spacial score (nSPS) is 12.3. The molecule has 4 heteroatoms. The Balaban J connectivity index is 2.73. The molecule has 1 nitrogen and oxygen atoms in total. The first kappa shape index (κ1) is 9.12. The van der Waals surface area contributed by atoms with E-state index in [1.54, 1.807) is 19.1 Å². The van der Waals surface area contributed by atoms with Crippen LogP contribution in [0.1, 0.15) is 11.1 Å². The van der Waals surface area contributed by atoms with E-state index in [4.69, 9.17) is 4.42 Å². The standard InChI is InChI=1S/C10H7F3O/c1-6-2-3-9-7(4-6)8(5-14-9)10(11,12)13/h2-5H,1H3. The molecule has 0 atom stereocenters. The van der Waals surface area contributed by atoms with Gasteiger partial charge in [-0.2, -0.15) is 13.2 Å². The average molecular weight is 200 g/mol. The molecule has 1 aromatic carbocycles. The lowest BCUT2D eigenvalue weighted by molar-refractivity contribution is -0.136. The first-order valence-corrected chi connectivity index (χ1v) is 4.03. The molecule has 14 heavy (non-hydrogen) atoms. The lowest BCUT2D eigenvalue weighted by atomic mass is 10.1. The van der Waals surface area contributed by atoms with Gasteiger partial charge in [0.1, 0.15) is 17.4 Å². The SMILES string of the molecule is Cc1ccc2occ(C(F)(F)F)c2c1. The van der Waals surface area contributed by atoms with Crippen molar-refractivity contribution >= 4 is 11.0 Å². The zero-order chi connectivity index (χ0) is 10.3. The Hall–Kier alpha value is -1.45. The highest BCUT2D eigenvalue weighted by molar-refractivity contribution is 5.82. The van der Waals surface area contributed by atoms with E-state index in [1.165, 1.54) is 6.07 Å². The van der Waals surface area contributed by atoms with Gasteiger partial charge in [0.25, 0.3) is 0 Å². The van der Waals surface area contributed by atoms with Crippen LogP contribution in [0.3, 0.4) is 0 Å². The van der Waals surface area contributed by atoms with Crippen LogP contribution in [-0.4, -0.2) is 0 Å². The van der Waals surface area contributed by atoms with Gasteiger partial charge in [0, 0.05) is 5.39 Å². The van der Waals surface area contributed by atoms with Crippen LogP contribution >= 0.6 is 0 Å². The van der Waals surface area contributed by atoms with Crippen molar-refractivity contribution in [3.05, 3.63) is 35.6 Å². The summed E-state index contributed by atoms with van der Waals surface area (Å²) in [6.07, 6.45) is -3.59. The average Bonchev–Trinajstić information content (AvgIpc) is 2.45. The van der Waals surface area contributed by atoms with Crippen LogP contribution in [0.4, 0.5) is 13.2 Å². The second kappa shape index (κ2) is 2.77. The minimum Gasteiger partial charge on any atom is -0.464 e. The second-order valence-corrected chi connectivity index (χ2v) is 3.15. The first-order chi connectivity index (χ1) is 6.48. The second-order valence-electron chi connectivity index (χ2n) is 3.15. The third-order valence-corrected chi connectivity index (χ3v) is 2.03. The number of fused-ring (bicyclic) bond motifs is 1. The molecular formula is C10H7F3O. The number of hydrogen-bond donors (Lipinski definition) is 0. The van der Waals surface area contributed by atoms with Crippen molar-refractivity contribution in [1.82, 2.24) is 0 Å². The summed E-state index contributed by atoms with van der Waals surface area (Å²) in [4.78, 5) is 0. The Kier molecular flexibility index (Phi) is 1.80. The molecule has 0 aliphatic carbocycles. The Morgan fingerprint density at radius 1 is 1.21 bits per heavy atom. The summed E-state index contributed by atoms with van der Waals surface area (Å²) >= 11 is 0. The van der Waals surface area contributed by atoms with E-state index >= 15 is 0 Å². The van der Waals surface area contributed by atoms with Crippen molar-refractivity contribution in [1.29, 1.82) is 0 Å².